The number of rotatable bonds is 6. The van der Waals surface area contributed by atoms with Gasteiger partial charge in [0.15, 0.2) is 0 Å². The van der Waals surface area contributed by atoms with Gasteiger partial charge in [-0.2, -0.15) is 0 Å². The summed E-state index contributed by atoms with van der Waals surface area (Å²) >= 11 is 5.94. The lowest BCUT2D eigenvalue weighted by Gasteiger charge is -2.37. The van der Waals surface area contributed by atoms with Crippen molar-refractivity contribution in [3.05, 3.63) is 34.9 Å². The average molecular weight is 307 g/mol. The first-order valence-electron chi connectivity index (χ1n) is 8.41. The lowest BCUT2D eigenvalue weighted by molar-refractivity contribution is 0.225. The molecule has 0 unspecified atom stereocenters. The van der Waals surface area contributed by atoms with Crippen LogP contribution in [0.4, 0.5) is 0 Å². The zero-order valence-electron chi connectivity index (χ0n) is 13.0. The van der Waals surface area contributed by atoms with Crippen molar-refractivity contribution in [2.75, 3.05) is 20.1 Å². The first-order valence-corrected chi connectivity index (χ1v) is 8.79. The number of nitrogens with one attached hydrogen (secondary N) is 1. The van der Waals surface area contributed by atoms with Crippen LogP contribution >= 0.6 is 11.6 Å². The predicted molar refractivity (Wildman–Crippen MR) is 90.1 cm³/mol. The molecule has 0 aliphatic heterocycles. The minimum absolute atomic E-state index is 0.711. The van der Waals surface area contributed by atoms with Crippen LogP contribution in [-0.4, -0.2) is 37.1 Å². The van der Waals surface area contributed by atoms with Crippen molar-refractivity contribution in [1.82, 2.24) is 10.2 Å². The molecule has 1 aromatic rings. The molecule has 0 amide bonds. The Labute approximate surface area is 133 Å². The summed E-state index contributed by atoms with van der Waals surface area (Å²) in [5, 5.41) is 4.55. The first kappa shape index (κ1) is 15.3. The van der Waals surface area contributed by atoms with Crippen LogP contribution in [0.15, 0.2) is 24.3 Å². The number of hydrogen-bond acceptors (Lipinski definition) is 2. The maximum Gasteiger partial charge on any atom is 0.0406 e. The molecule has 2 fully saturated rings. The van der Waals surface area contributed by atoms with E-state index >= 15 is 0 Å². The molecule has 0 aromatic heterocycles. The number of nitrogens with zero attached hydrogens (tertiary/aromatic N) is 1. The van der Waals surface area contributed by atoms with Gasteiger partial charge in [-0.05, 0) is 56.3 Å². The zero-order chi connectivity index (χ0) is 14.7. The van der Waals surface area contributed by atoms with Gasteiger partial charge in [0, 0.05) is 30.2 Å². The van der Waals surface area contributed by atoms with Crippen molar-refractivity contribution >= 4 is 11.6 Å². The Bertz CT molecular complexity index is 433. The standard InChI is InChI=1S/C18H27ClN2/c1-21(18-4-2-3-5-18)11-10-20-17-12-15(13-17)14-6-8-16(19)9-7-14/h6-9,15,17-18,20H,2-5,10-13H2,1H3. The summed E-state index contributed by atoms with van der Waals surface area (Å²) in [4.78, 5) is 2.55. The van der Waals surface area contributed by atoms with Crippen LogP contribution in [0.2, 0.25) is 5.02 Å². The highest BCUT2D eigenvalue weighted by Gasteiger charge is 2.29. The minimum Gasteiger partial charge on any atom is -0.313 e. The molecule has 0 bridgehead atoms. The van der Waals surface area contributed by atoms with E-state index in [0.717, 1.165) is 23.5 Å². The summed E-state index contributed by atoms with van der Waals surface area (Å²) in [5.74, 6) is 0.729. The molecule has 116 valence electrons. The lowest BCUT2D eigenvalue weighted by atomic mass is 9.76. The second-order valence-corrected chi connectivity index (χ2v) is 7.23. The van der Waals surface area contributed by atoms with E-state index in [1.54, 1.807) is 0 Å². The van der Waals surface area contributed by atoms with Crippen LogP contribution in [-0.2, 0) is 0 Å². The summed E-state index contributed by atoms with van der Waals surface area (Å²) in [5.41, 5.74) is 1.44. The Morgan fingerprint density at radius 2 is 1.81 bits per heavy atom. The Hall–Kier alpha value is -0.570. The van der Waals surface area contributed by atoms with Crippen LogP contribution < -0.4 is 5.32 Å². The van der Waals surface area contributed by atoms with E-state index in [9.17, 15) is 0 Å². The molecular formula is C18H27ClN2. The predicted octanol–water partition coefficient (Wildman–Crippen LogP) is 4.05. The van der Waals surface area contributed by atoms with E-state index in [-0.39, 0.29) is 0 Å². The van der Waals surface area contributed by atoms with Crippen molar-refractivity contribution in [3.63, 3.8) is 0 Å². The summed E-state index contributed by atoms with van der Waals surface area (Å²) in [6.45, 7) is 2.32. The van der Waals surface area contributed by atoms with Crippen LogP contribution in [0.25, 0.3) is 0 Å². The molecule has 2 saturated carbocycles. The smallest absolute Gasteiger partial charge is 0.0406 e. The van der Waals surface area contributed by atoms with Crippen LogP contribution in [0.5, 0.6) is 0 Å². The molecule has 1 aromatic carbocycles. The van der Waals surface area contributed by atoms with Gasteiger partial charge in [0.05, 0.1) is 0 Å². The molecule has 0 saturated heterocycles. The number of hydrogen-bond donors (Lipinski definition) is 1. The van der Waals surface area contributed by atoms with E-state index in [4.69, 9.17) is 11.6 Å². The molecule has 0 heterocycles. The third-order valence-corrected chi connectivity index (χ3v) is 5.58. The largest absolute Gasteiger partial charge is 0.313 e. The molecule has 3 rings (SSSR count). The number of benzene rings is 1. The normalized spacial score (nSPS) is 26.2. The van der Waals surface area contributed by atoms with Crippen molar-refractivity contribution in [1.29, 1.82) is 0 Å². The Kier molecular flexibility index (Phi) is 5.20. The fourth-order valence-corrected chi connectivity index (χ4v) is 3.89. The molecule has 2 nitrogen and oxygen atoms in total. The number of halogens is 1. The third kappa shape index (κ3) is 4.00. The number of likely N-dealkylation sites (N-methyl/N-ethyl adjacent to an activating group) is 1. The maximum absolute atomic E-state index is 5.94. The van der Waals surface area contributed by atoms with Crippen LogP contribution in [0.1, 0.15) is 50.0 Å². The Morgan fingerprint density at radius 3 is 2.48 bits per heavy atom. The molecule has 1 N–H and O–H groups in total. The van der Waals surface area contributed by atoms with Gasteiger partial charge >= 0.3 is 0 Å². The monoisotopic (exact) mass is 306 g/mol. The summed E-state index contributed by atoms with van der Waals surface area (Å²) in [6, 6.07) is 9.93. The van der Waals surface area contributed by atoms with E-state index in [1.165, 1.54) is 50.6 Å². The molecule has 3 heteroatoms. The molecular weight excluding hydrogens is 280 g/mol. The summed E-state index contributed by atoms with van der Waals surface area (Å²) in [6.07, 6.45) is 8.20. The average Bonchev–Trinajstić information content (AvgIpc) is 2.97. The van der Waals surface area contributed by atoms with E-state index in [2.05, 4.69) is 29.4 Å². The second-order valence-electron chi connectivity index (χ2n) is 6.79. The van der Waals surface area contributed by atoms with Crippen molar-refractivity contribution in [2.45, 2.75) is 56.5 Å². The second kappa shape index (κ2) is 7.13. The zero-order valence-corrected chi connectivity index (χ0v) is 13.8. The Balaban J connectivity index is 1.32. The van der Waals surface area contributed by atoms with Gasteiger partial charge in [0.1, 0.15) is 0 Å². The molecule has 2 aliphatic rings. The molecule has 0 spiro atoms. The molecule has 0 atom stereocenters. The van der Waals surface area contributed by atoms with Gasteiger partial charge in [-0.1, -0.05) is 36.6 Å². The first-order chi connectivity index (χ1) is 10.2. The Morgan fingerprint density at radius 1 is 1.14 bits per heavy atom. The fraction of sp³-hybridized carbons (Fsp3) is 0.667. The van der Waals surface area contributed by atoms with Crippen LogP contribution in [0, 0.1) is 0 Å². The highest BCUT2D eigenvalue weighted by atomic mass is 35.5. The molecule has 0 radical (unpaired) electrons. The highest BCUT2D eigenvalue weighted by molar-refractivity contribution is 6.30. The molecule has 2 aliphatic carbocycles. The van der Waals surface area contributed by atoms with Gasteiger partial charge < -0.3 is 10.2 Å². The molecule has 21 heavy (non-hydrogen) atoms. The van der Waals surface area contributed by atoms with Gasteiger partial charge in [-0.25, -0.2) is 0 Å². The third-order valence-electron chi connectivity index (χ3n) is 5.33. The summed E-state index contributed by atoms with van der Waals surface area (Å²) < 4.78 is 0. The fourth-order valence-electron chi connectivity index (χ4n) is 3.76. The minimum atomic E-state index is 0.711. The van der Waals surface area contributed by atoms with E-state index in [1.807, 2.05) is 12.1 Å². The van der Waals surface area contributed by atoms with Gasteiger partial charge in [-0.15, -0.1) is 0 Å². The maximum atomic E-state index is 5.94. The van der Waals surface area contributed by atoms with Gasteiger partial charge in [0.25, 0.3) is 0 Å². The topological polar surface area (TPSA) is 15.3 Å². The van der Waals surface area contributed by atoms with Gasteiger partial charge in [0.2, 0.25) is 0 Å². The van der Waals surface area contributed by atoms with E-state index in [0.29, 0.717) is 6.04 Å². The van der Waals surface area contributed by atoms with E-state index < -0.39 is 0 Å². The highest BCUT2D eigenvalue weighted by Crippen LogP contribution is 2.37. The SMILES string of the molecule is CN(CCNC1CC(c2ccc(Cl)cc2)C1)C1CCCC1. The van der Waals surface area contributed by atoms with Crippen LogP contribution in [0.3, 0.4) is 0 Å². The van der Waals surface area contributed by atoms with Crippen molar-refractivity contribution < 1.29 is 0 Å². The lowest BCUT2D eigenvalue weighted by Crippen LogP contribution is -2.44. The summed E-state index contributed by atoms with van der Waals surface area (Å²) in [7, 11) is 2.29. The van der Waals surface area contributed by atoms with Gasteiger partial charge in [-0.3, -0.25) is 0 Å². The van der Waals surface area contributed by atoms with Crippen molar-refractivity contribution in [3.8, 4) is 0 Å². The van der Waals surface area contributed by atoms with Crippen molar-refractivity contribution in [2.24, 2.45) is 0 Å². The quantitative estimate of drug-likeness (QED) is 0.853.